The molecule has 0 unspecified atom stereocenters. The van der Waals surface area contributed by atoms with E-state index < -0.39 is 0 Å². The predicted octanol–water partition coefficient (Wildman–Crippen LogP) is 2.83. The number of nitrogens with one attached hydrogen (secondary N) is 1. The van der Waals surface area contributed by atoms with Crippen molar-refractivity contribution in [2.24, 2.45) is 0 Å². The highest BCUT2D eigenvalue weighted by atomic mass is 16.5. The molecule has 0 bridgehead atoms. The number of carbonyl (C=O) groups is 2. The van der Waals surface area contributed by atoms with Crippen molar-refractivity contribution in [2.75, 3.05) is 17.3 Å². The molecule has 136 valence electrons. The van der Waals surface area contributed by atoms with E-state index in [1.165, 1.54) is 0 Å². The number of fused-ring (bicyclic) bond motifs is 1. The number of benzene rings is 2. The Labute approximate surface area is 156 Å². The number of rotatable bonds is 4. The minimum absolute atomic E-state index is 0.0283. The Balaban J connectivity index is 1.48. The second kappa shape index (κ2) is 7.03. The van der Waals surface area contributed by atoms with Crippen molar-refractivity contribution in [3.8, 4) is 11.5 Å². The van der Waals surface area contributed by atoms with Crippen LogP contribution in [0.4, 0.5) is 11.4 Å². The first kappa shape index (κ1) is 17.0. The van der Waals surface area contributed by atoms with E-state index in [-0.39, 0.29) is 18.2 Å². The molecular formula is C20H18N4O3. The Hall–Kier alpha value is -3.48. The van der Waals surface area contributed by atoms with Gasteiger partial charge in [-0.15, -0.1) is 0 Å². The molecule has 7 heteroatoms. The molecule has 0 aliphatic carbocycles. The summed E-state index contributed by atoms with van der Waals surface area (Å²) in [6, 6.07) is 14.9. The van der Waals surface area contributed by atoms with Gasteiger partial charge in [0, 0.05) is 30.4 Å². The fourth-order valence-corrected chi connectivity index (χ4v) is 3.10. The third-order valence-corrected chi connectivity index (χ3v) is 4.51. The van der Waals surface area contributed by atoms with Gasteiger partial charge in [0.2, 0.25) is 11.8 Å². The molecule has 2 heterocycles. The number of amides is 2. The summed E-state index contributed by atoms with van der Waals surface area (Å²) in [4.78, 5) is 29.9. The zero-order valence-corrected chi connectivity index (χ0v) is 14.8. The van der Waals surface area contributed by atoms with Crippen molar-refractivity contribution in [3.63, 3.8) is 0 Å². The number of aryl methyl sites for hydroxylation is 1. The van der Waals surface area contributed by atoms with Gasteiger partial charge < -0.3 is 14.7 Å². The van der Waals surface area contributed by atoms with E-state index in [1.807, 2.05) is 48.5 Å². The summed E-state index contributed by atoms with van der Waals surface area (Å²) < 4.78 is 5.32. The van der Waals surface area contributed by atoms with Gasteiger partial charge in [-0.1, -0.05) is 23.4 Å². The molecule has 0 fully saturated rings. The van der Waals surface area contributed by atoms with Gasteiger partial charge in [-0.25, -0.2) is 0 Å². The maximum atomic E-state index is 12.1. The molecule has 0 saturated heterocycles. The van der Waals surface area contributed by atoms with Crippen molar-refractivity contribution in [1.29, 1.82) is 0 Å². The van der Waals surface area contributed by atoms with Crippen LogP contribution in [0, 0.1) is 0 Å². The number of para-hydroxylation sites is 1. The van der Waals surface area contributed by atoms with Crippen LogP contribution in [0.3, 0.4) is 0 Å². The zero-order chi connectivity index (χ0) is 18.8. The summed E-state index contributed by atoms with van der Waals surface area (Å²) in [5.74, 6) is 0.585. The van der Waals surface area contributed by atoms with E-state index >= 15 is 0 Å². The zero-order valence-electron chi connectivity index (χ0n) is 14.8. The molecule has 1 aliphatic rings. The van der Waals surface area contributed by atoms with E-state index in [0.29, 0.717) is 24.6 Å². The summed E-state index contributed by atoms with van der Waals surface area (Å²) in [6.07, 6.45) is 1.20. The van der Waals surface area contributed by atoms with Gasteiger partial charge in [0.15, 0.2) is 5.82 Å². The molecule has 1 aliphatic heterocycles. The molecule has 2 amide bonds. The second-order valence-electron chi connectivity index (χ2n) is 6.40. The number of nitrogens with zero attached hydrogens (tertiary/aromatic N) is 3. The van der Waals surface area contributed by atoms with Crippen molar-refractivity contribution in [3.05, 3.63) is 59.9 Å². The topological polar surface area (TPSA) is 88.3 Å². The average Bonchev–Trinajstić information content (AvgIpc) is 3.13. The molecule has 0 radical (unpaired) electrons. The SMILES string of the molecule is CN1C(=O)CCc2cc(-c3nc(CC(=O)Nc4ccccc4)no3)ccc21. The van der Waals surface area contributed by atoms with E-state index in [4.69, 9.17) is 4.52 Å². The van der Waals surface area contributed by atoms with Crippen molar-refractivity contribution in [1.82, 2.24) is 10.1 Å². The monoisotopic (exact) mass is 362 g/mol. The predicted molar refractivity (Wildman–Crippen MR) is 100 cm³/mol. The summed E-state index contributed by atoms with van der Waals surface area (Å²) in [5.41, 5.74) is 3.46. The van der Waals surface area contributed by atoms with Crippen LogP contribution in [0.15, 0.2) is 53.1 Å². The molecule has 3 aromatic rings. The van der Waals surface area contributed by atoms with Gasteiger partial charge in [0.05, 0.1) is 6.42 Å². The van der Waals surface area contributed by atoms with Gasteiger partial charge in [-0.05, 0) is 42.3 Å². The summed E-state index contributed by atoms with van der Waals surface area (Å²) in [6.45, 7) is 0. The Morgan fingerprint density at radius 2 is 2.00 bits per heavy atom. The number of carbonyl (C=O) groups excluding carboxylic acids is 2. The first-order valence-corrected chi connectivity index (χ1v) is 8.67. The Morgan fingerprint density at radius 3 is 2.81 bits per heavy atom. The standard InChI is InChI=1S/C20H18N4O3/c1-24-16-9-7-14(11-13(16)8-10-19(24)26)20-22-17(23-27-20)12-18(25)21-15-5-3-2-4-6-15/h2-7,9,11H,8,10,12H2,1H3,(H,21,25). The van der Waals surface area contributed by atoms with Crippen LogP contribution in [0.25, 0.3) is 11.5 Å². The van der Waals surface area contributed by atoms with E-state index in [9.17, 15) is 9.59 Å². The van der Waals surface area contributed by atoms with E-state index in [0.717, 1.165) is 22.5 Å². The van der Waals surface area contributed by atoms with Crippen LogP contribution in [-0.2, 0) is 22.4 Å². The first-order valence-electron chi connectivity index (χ1n) is 8.67. The smallest absolute Gasteiger partial charge is 0.257 e. The van der Waals surface area contributed by atoms with Crippen LogP contribution in [0.5, 0.6) is 0 Å². The largest absolute Gasteiger partial charge is 0.334 e. The molecule has 27 heavy (non-hydrogen) atoms. The number of aromatic nitrogens is 2. The van der Waals surface area contributed by atoms with E-state index in [1.54, 1.807) is 11.9 Å². The molecule has 0 atom stereocenters. The number of anilines is 2. The number of hydrogen-bond donors (Lipinski definition) is 1. The van der Waals surface area contributed by atoms with Gasteiger partial charge in [-0.2, -0.15) is 4.98 Å². The highest BCUT2D eigenvalue weighted by molar-refractivity contribution is 5.96. The lowest BCUT2D eigenvalue weighted by molar-refractivity contribution is -0.118. The van der Waals surface area contributed by atoms with Crippen molar-refractivity contribution >= 4 is 23.2 Å². The molecule has 7 nitrogen and oxygen atoms in total. The Kier molecular flexibility index (Phi) is 4.42. The lowest BCUT2D eigenvalue weighted by Gasteiger charge is -2.25. The Bertz CT molecular complexity index is 997. The second-order valence-corrected chi connectivity index (χ2v) is 6.40. The normalized spacial score (nSPS) is 13.4. The van der Waals surface area contributed by atoms with Crippen LogP contribution in [-0.4, -0.2) is 29.0 Å². The van der Waals surface area contributed by atoms with Gasteiger partial charge in [0.25, 0.3) is 5.89 Å². The fraction of sp³-hybridized carbons (Fsp3) is 0.200. The molecular weight excluding hydrogens is 344 g/mol. The molecule has 1 N–H and O–H groups in total. The van der Waals surface area contributed by atoms with E-state index in [2.05, 4.69) is 15.5 Å². The highest BCUT2D eigenvalue weighted by Gasteiger charge is 2.22. The fourth-order valence-electron chi connectivity index (χ4n) is 3.10. The van der Waals surface area contributed by atoms with Crippen LogP contribution < -0.4 is 10.2 Å². The highest BCUT2D eigenvalue weighted by Crippen LogP contribution is 2.30. The average molecular weight is 362 g/mol. The van der Waals surface area contributed by atoms with Gasteiger partial charge in [0.1, 0.15) is 0 Å². The van der Waals surface area contributed by atoms with Crippen molar-refractivity contribution < 1.29 is 14.1 Å². The van der Waals surface area contributed by atoms with Crippen LogP contribution >= 0.6 is 0 Å². The maximum Gasteiger partial charge on any atom is 0.257 e. The van der Waals surface area contributed by atoms with Crippen molar-refractivity contribution in [2.45, 2.75) is 19.3 Å². The maximum absolute atomic E-state index is 12.1. The Morgan fingerprint density at radius 1 is 1.19 bits per heavy atom. The number of hydrogen-bond acceptors (Lipinski definition) is 5. The first-order chi connectivity index (χ1) is 13.1. The molecule has 0 saturated carbocycles. The molecule has 1 aromatic heterocycles. The van der Waals surface area contributed by atoms with Gasteiger partial charge >= 0.3 is 0 Å². The minimum atomic E-state index is -0.209. The lowest BCUT2D eigenvalue weighted by Crippen LogP contribution is -2.30. The molecule has 0 spiro atoms. The summed E-state index contributed by atoms with van der Waals surface area (Å²) >= 11 is 0. The van der Waals surface area contributed by atoms with Crippen LogP contribution in [0.2, 0.25) is 0 Å². The van der Waals surface area contributed by atoms with Crippen LogP contribution in [0.1, 0.15) is 17.8 Å². The summed E-state index contributed by atoms with van der Waals surface area (Å²) in [7, 11) is 1.77. The summed E-state index contributed by atoms with van der Waals surface area (Å²) in [5, 5.41) is 6.69. The third kappa shape index (κ3) is 3.57. The quantitative estimate of drug-likeness (QED) is 0.771. The third-order valence-electron chi connectivity index (χ3n) is 4.51. The lowest BCUT2D eigenvalue weighted by atomic mass is 9.99. The molecule has 2 aromatic carbocycles. The van der Waals surface area contributed by atoms with Gasteiger partial charge in [-0.3, -0.25) is 9.59 Å². The minimum Gasteiger partial charge on any atom is -0.334 e. The molecule has 4 rings (SSSR count).